The van der Waals surface area contributed by atoms with E-state index in [1.165, 1.54) is 5.56 Å². The van der Waals surface area contributed by atoms with Gasteiger partial charge in [0.1, 0.15) is 0 Å². The molecule has 0 saturated heterocycles. The highest BCUT2D eigenvalue weighted by atomic mass is 35.5. The molecule has 0 aliphatic heterocycles. The fraction of sp³-hybridized carbons (Fsp3) is 0.0909. The van der Waals surface area contributed by atoms with Crippen LogP contribution in [0.3, 0.4) is 0 Å². The van der Waals surface area contributed by atoms with Gasteiger partial charge in [-0.1, -0.05) is 41.4 Å². The fourth-order valence-corrected chi connectivity index (χ4v) is 3.16. The van der Waals surface area contributed by atoms with Crippen molar-refractivity contribution >= 4 is 29.0 Å². The van der Waals surface area contributed by atoms with E-state index in [9.17, 15) is 4.79 Å². The summed E-state index contributed by atoms with van der Waals surface area (Å²) in [6.45, 7) is 4.08. The average molecular weight is 377 g/mol. The second kappa shape index (κ2) is 6.89. The van der Waals surface area contributed by atoms with E-state index in [4.69, 9.17) is 11.6 Å². The van der Waals surface area contributed by atoms with E-state index in [1.807, 2.05) is 41.8 Å². The smallest absolute Gasteiger partial charge is 0.267 e. The average Bonchev–Trinajstić information content (AvgIpc) is 3.00. The number of benzene rings is 2. The van der Waals surface area contributed by atoms with Crippen LogP contribution >= 0.6 is 11.6 Å². The third kappa shape index (κ3) is 3.44. The zero-order valence-electron chi connectivity index (χ0n) is 15.1. The molecule has 4 nitrogen and oxygen atoms in total. The number of aryl methyl sites for hydroxylation is 2. The highest BCUT2D eigenvalue weighted by Gasteiger charge is 2.23. The van der Waals surface area contributed by atoms with E-state index in [0.29, 0.717) is 16.4 Å². The summed E-state index contributed by atoms with van der Waals surface area (Å²) in [5.41, 5.74) is 5.62. The van der Waals surface area contributed by atoms with Crippen LogP contribution in [0.2, 0.25) is 5.02 Å². The molecular formula is C22H19ClN3O+. The van der Waals surface area contributed by atoms with Crippen LogP contribution in [0.4, 0.5) is 5.82 Å². The number of aromatic nitrogens is 2. The monoisotopic (exact) mass is 376 g/mol. The molecule has 2 N–H and O–H groups in total. The van der Waals surface area contributed by atoms with Crippen LogP contribution in [-0.2, 0) is 0 Å². The van der Waals surface area contributed by atoms with Crippen molar-refractivity contribution in [2.45, 2.75) is 13.8 Å². The van der Waals surface area contributed by atoms with Crippen LogP contribution in [-0.4, -0.2) is 10.9 Å². The Kier molecular flexibility index (Phi) is 4.42. The molecule has 27 heavy (non-hydrogen) atoms. The molecule has 0 fully saturated rings. The van der Waals surface area contributed by atoms with Gasteiger partial charge in [0.2, 0.25) is 5.65 Å². The van der Waals surface area contributed by atoms with Crippen LogP contribution in [0.25, 0.3) is 16.9 Å². The minimum Gasteiger partial charge on any atom is -0.267 e. The Bertz CT molecular complexity index is 1130. The largest absolute Gasteiger partial charge is 0.311 e. The number of imidazole rings is 1. The maximum atomic E-state index is 12.8. The number of H-pyrrole nitrogens is 1. The molecule has 2 aromatic carbocycles. The number of aromatic amines is 1. The molecule has 0 aliphatic rings. The van der Waals surface area contributed by atoms with Crippen LogP contribution in [0.5, 0.6) is 0 Å². The van der Waals surface area contributed by atoms with Crippen molar-refractivity contribution in [2.24, 2.45) is 0 Å². The summed E-state index contributed by atoms with van der Waals surface area (Å²) >= 11 is 5.93. The van der Waals surface area contributed by atoms with E-state index in [2.05, 4.69) is 29.4 Å². The maximum absolute atomic E-state index is 12.8. The lowest BCUT2D eigenvalue weighted by atomic mass is 10.1. The number of hydrogen-bond donors (Lipinski definition) is 2. The lowest BCUT2D eigenvalue weighted by Crippen LogP contribution is -2.27. The third-order valence-corrected chi connectivity index (χ3v) is 4.76. The van der Waals surface area contributed by atoms with Gasteiger partial charge in [0.25, 0.3) is 5.82 Å². The van der Waals surface area contributed by atoms with Gasteiger partial charge >= 0.3 is 5.91 Å². The number of halogens is 1. The number of anilines is 1. The lowest BCUT2D eigenvalue weighted by molar-refractivity contribution is -0.494. The predicted octanol–water partition coefficient (Wildman–Crippen LogP) is 4.94. The molecule has 4 aromatic rings. The molecule has 2 aromatic heterocycles. The van der Waals surface area contributed by atoms with Crippen molar-refractivity contribution in [3.8, 4) is 11.3 Å². The van der Waals surface area contributed by atoms with Gasteiger partial charge in [-0.25, -0.2) is 9.72 Å². The zero-order valence-corrected chi connectivity index (χ0v) is 15.8. The highest BCUT2D eigenvalue weighted by molar-refractivity contribution is 6.30. The summed E-state index contributed by atoms with van der Waals surface area (Å²) in [6, 6.07) is 19.1. The molecule has 0 atom stereocenters. The maximum Gasteiger partial charge on any atom is 0.311 e. The van der Waals surface area contributed by atoms with Gasteiger partial charge in [-0.15, -0.1) is 0 Å². The Morgan fingerprint density at radius 3 is 2.30 bits per heavy atom. The number of fused-ring (bicyclic) bond motifs is 1. The first kappa shape index (κ1) is 17.3. The van der Waals surface area contributed by atoms with Gasteiger partial charge in [0.05, 0.1) is 11.8 Å². The van der Waals surface area contributed by atoms with Crippen molar-refractivity contribution in [3.05, 3.63) is 88.6 Å². The number of carbonyl (C=O) groups excluding carboxylic acids is 1. The molecule has 0 spiro atoms. The minimum atomic E-state index is -0.185. The summed E-state index contributed by atoms with van der Waals surface area (Å²) in [7, 11) is 0. The molecule has 0 saturated carbocycles. The first-order chi connectivity index (χ1) is 13.0. The van der Waals surface area contributed by atoms with Crippen molar-refractivity contribution in [3.63, 3.8) is 0 Å². The molecule has 0 radical (unpaired) electrons. The fourth-order valence-electron chi connectivity index (χ4n) is 3.03. The van der Waals surface area contributed by atoms with Crippen molar-refractivity contribution in [1.82, 2.24) is 4.98 Å². The number of hydrogen-bond acceptors (Lipinski definition) is 1. The molecule has 134 valence electrons. The zero-order chi connectivity index (χ0) is 19.0. The van der Waals surface area contributed by atoms with E-state index in [1.54, 1.807) is 24.3 Å². The normalized spacial score (nSPS) is 10.9. The van der Waals surface area contributed by atoms with Gasteiger partial charge in [0.15, 0.2) is 5.69 Å². The summed E-state index contributed by atoms with van der Waals surface area (Å²) < 4.78 is 1.97. The summed E-state index contributed by atoms with van der Waals surface area (Å²) in [5.74, 6) is 0.521. The molecule has 5 heteroatoms. The van der Waals surface area contributed by atoms with Crippen LogP contribution < -0.4 is 9.72 Å². The second-order valence-corrected chi connectivity index (χ2v) is 7.07. The molecule has 2 heterocycles. The highest BCUT2D eigenvalue weighted by Crippen LogP contribution is 2.26. The summed E-state index contributed by atoms with van der Waals surface area (Å²) in [4.78, 5) is 16.2. The first-order valence-electron chi connectivity index (χ1n) is 8.69. The van der Waals surface area contributed by atoms with Crippen molar-refractivity contribution < 1.29 is 9.20 Å². The van der Waals surface area contributed by atoms with Crippen LogP contribution in [0.15, 0.2) is 66.9 Å². The topological polar surface area (TPSA) is 49.0 Å². The standard InChI is InChI=1S/C22H18ClN3O/c1-14-3-6-16(7-4-14)20-21(26-13-15(2)5-12-19(26)24-20)25-22(27)17-8-10-18(23)11-9-17/h3-13H,1-2H3,(H,25,27)/p+1. The molecule has 1 amide bonds. The summed E-state index contributed by atoms with van der Waals surface area (Å²) in [5, 5.41) is 3.66. The van der Waals surface area contributed by atoms with Crippen LogP contribution in [0.1, 0.15) is 21.5 Å². The number of amides is 1. The van der Waals surface area contributed by atoms with E-state index < -0.39 is 0 Å². The van der Waals surface area contributed by atoms with Crippen LogP contribution in [0, 0.1) is 13.8 Å². The molecule has 4 rings (SSSR count). The predicted molar refractivity (Wildman–Crippen MR) is 108 cm³/mol. The van der Waals surface area contributed by atoms with E-state index >= 15 is 0 Å². The van der Waals surface area contributed by atoms with Gasteiger partial charge in [-0.05, 0) is 49.7 Å². The number of pyridine rings is 1. The Morgan fingerprint density at radius 1 is 0.926 bits per heavy atom. The van der Waals surface area contributed by atoms with Gasteiger partial charge in [-0.3, -0.25) is 9.78 Å². The number of nitrogens with one attached hydrogen (secondary N) is 2. The number of carbonyl (C=O) groups is 1. The van der Waals surface area contributed by atoms with Crippen molar-refractivity contribution in [1.29, 1.82) is 0 Å². The Balaban J connectivity index is 1.82. The van der Waals surface area contributed by atoms with Gasteiger partial charge in [-0.2, -0.15) is 0 Å². The summed E-state index contributed by atoms with van der Waals surface area (Å²) in [6.07, 6.45) is 2.00. The van der Waals surface area contributed by atoms with E-state index in [-0.39, 0.29) is 5.91 Å². The third-order valence-electron chi connectivity index (χ3n) is 4.51. The first-order valence-corrected chi connectivity index (χ1v) is 9.07. The molecular weight excluding hydrogens is 358 g/mol. The Hall–Kier alpha value is -3.11. The Morgan fingerprint density at radius 2 is 1.59 bits per heavy atom. The molecule has 0 aliphatic carbocycles. The van der Waals surface area contributed by atoms with Gasteiger partial charge < -0.3 is 0 Å². The molecule has 0 bridgehead atoms. The van der Waals surface area contributed by atoms with Crippen molar-refractivity contribution in [2.75, 3.05) is 5.32 Å². The SMILES string of the molecule is Cc1ccc(-c2[nH]c3ccc(C)c[n+]3c2NC(=O)c2ccc(Cl)cc2)cc1. The Labute approximate surface area is 162 Å². The number of nitrogens with zero attached hydrogens (tertiary/aromatic N) is 1. The minimum absolute atomic E-state index is 0.185. The quantitative estimate of drug-likeness (QED) is 0.489. The van der Waals surface area contributed by atoms with Gasteiger partial charge in [0, 0.05) is 16.7 Å². The number of rotatable bonds is 3. The lowest BCUT2D eigenvalue weighted by Gasteiger charge is -2.03. The second-order valence-electron chi connectivity index (χ2n) is 6.64. The van der Waals surface area contributed by atoms with E-state index in [0.717, 1.165) is 22.5 Å². The molecule has 0 unspecified atom stereocenters.